The van der Waals surface area contributed by atoms with Gasteiger partial charge in [0.25, 0.3) is 5.91 Å². The van der Waals surface area contributed by atoms with Gasteiger partial charge in [-0.05, 0) is 66.2 Å². The number of alkyl halides is 3. The van der Waals surface area contributed by atoms with Crippen LogP contribution < -0.4 is 20.8 Å². The predicted molar refractivity (Wildman–Crippen MR) is 146 cm³/mol. The van der Waals surface area contributed by atoms with Crippen molar-refractivity contribution in [1.82, 2.24) is 10.4 Å². The number of hydrogen-bond donors (Lipinski definition) is 3. The Kier molecular flexibility index (Phi) is 8.87. The molecule has 13 heteroatoms. The van der Waals surface area contributed by atoms with Gasteiger partial charge < -0.3 is 15.4 Å². The van der Waals surface area contributed by atoms with Gasteiger partial charge in [-0.2, -0.15) is 18.3 Å². The minimum absolute atomic E-state index is 0.0663. The maximum absolute atomic E-state index is 13.0. The molecule has 3 amide bonds. The molecule has 3 N–H and O–H groups in total. The molecule has 0 radical (unpaired) electrons. The van der Waals surface area contributed by atoms with Crippen molar-refractivity contribution in [3.8, 4) is 11.5 Å². The number of ether oxygens (including phenoxy) is 1. The fourth-order valence-corrected chi connectivity index (χ4v) is 3.58. The topological polar surface area (TPSA) is 105 Å². The monoisotopic (exact) mass is 587 g/mol. The highest BCUT2D eigenvalue weighted by Gasteiger charge is 2.33. The maximum Gasteiger partial charge on any atom is 0.417 e. The van der Waals surface area contributed by atoms with Crippen LogP contribution in [0, 0.1) is 0 Å². The van der Waals surface area contributed by atoms with Gasteiger partial charge in [0.05, 0.1) is 16.8 Å². The minimum atomic E-state index is -4.66. The first kappa shape index (κ1) is 28.4. The standard InChI is InChI=1S/C27H18Cl2F3N5O3/c28-17-3-1-16(2-4-17)15-34-37-25(38)24-14-21(11-12-33-24)40-20-8-5-18(6-9-20)35-26(39)36-19-7-10-23(29)22(13-19)27(30,31)32/h1-15H,(H,37,38)(H2,35,36,39)/b34-15+. The van der Waals surface area contributed by atoms with Crippen LogP contribution in [-0.2, 0) is 6.18 Å². The summed E-state index contributed by atoms with van der Waals surface area (Å²) in [4.78, 5) is 28.6. The quantitative estimate of drug-likeness (QED) is 0.153. The second-order valence-electron chi connectivity index (χ2n) is 8.03. The van der Waals surface area contributed by atoms with Crippen molar-refractivity contribution in [2.24, 2.45) is 5.10 Å². The van der Waals surface area contributed by atoms with Gasteiger partial charge in [0.1, 0.15) is 17.2 Å². The molecule has 0 aliphatic carbocycles. The first-order valence-corrected chi connectivity index (χ1v) is 12.1. The summed E-state index contributed by atoms with van der Waals surface area (Å²) >= 11 is 11.4. The van der Waals surface area contributed by atoms with Crippen LogP contribution in [0.2, 0.25) is 10.0 Å². The molecule has 0 saturated heterocycles. The number of hydrazone groups is 1. The van der Waals surface area contributed by atoms with Crippen molar-refractivity contribution in [3.05, 3.63) is 112 Å². The zero-order chi connectivity index (χ0) is 28.7. The molecule has 1 heterocycles. The number of carbonyl (C=O) groups excluding carboxylic acids is 2. The van der Waals surface area contributed by atoms with Crippen molar-refractivity contribution in [2.75, 3.05) is 10.6 Å². The van der Waals surface area contributed by atoms with Crippen LogP contribution in [0.4, 0.5) is 29.3 Å². The van der Waals surface area contributed by atoms with E-state index in [-0.39, 0.29) is 11.4 Å². The van der Waals surface area contributed by atoms with E-state index in [4.69, 9.17) is 27.9 Å². The molecule has 0 spiro atoms. The average molecular weight is 588 g/mol. The average Bonchev–Trinajstić information content (AvgIpc) is 2.91. The van der Waals surface area contributed by atoms with Gasteiger partial charge >= 0.3 is 12.2 Å². The molecule has 204 valence electrons. The normalized spacial score (nSPS) is 11.2. The Hall–Kier alpha value is -4.61. The fourth-order valence-electron chi connectivity index (χ4n) is 3.23. The highest BCUT2D eigenvalue weighted by Crippen LogP contribution is 2.36. The summed E-state index contributed by atoms with van der Waals surface area (Å²) in [5.41, 5.74) is 2.40. The smallest absolute Gasteiger partial charge is 0.417 e. The minimum Gasteiger partial charge on any atom is -0.457 e. The van der Waals surface area contributed by atoms with Gasteiger partial charge in [-0.1, -0.05) is 35.3 Å². The molecule has 40 heavy (non-hydrogen) atoms. The van der Waals surface area contributed by atoms with Crippen LogP contribution in [-0.4, -0.2) is 23.1 Å². The van der Waals surface area contributed by atoms with E-state index >= 15 is 0 Å². The third-order valence-corrected chi connectivity index (χ3v) is 5.67. The van der Waals surface area contributed by atoms with E-state index in [0.717, 1.165) is 17.7 Å². The van der Waals surface area contributed by atoms with E-state index in [2.05, 4.69) is 26.1 Å². The van der Waals surface area contributed by atoms with Crippen LogP contribution in [0.3, 0.4) is 0 Å². The number of amides is 3. The Bertz CT molecular complexity index is 1550. The van der Waals surface area contributed by atoms with E-state index in [9.17, 15) is 22.8 Å². The van der Waals surface area contributed by atoms with Crippen molar-refractivity contribution in [2.45, 2.75) is 6.18 Å². The Morgan fingerprint density at radius 2 is 1.52 bits per heavy atom. The Morgan fingerprint density at radius 1 is 0.850 bits per heavy atom. The van der Waals surface area contributed by atoms with Crippen molar-refractivity contribution in [3.63, 3.8) is 0 Å². The van der Waals surface area contributed by atoms with E-state index in [1.807, 2.05) is 0 Å². The lowest BCUT2D eigenvalue weighted by Crippen LogP contribution is -2.19. The van der Waals surface area contributed by atoms with Gasteiger partial charge in [-0.15, -0.1) is 0 Å². The van der Waals surface area contributed by atoms with Crippen LogP contribution in [0.25, 0.3) is 0 Å². The van der Waals surface area contributed by atoms with Gasteiger partial charge in [0.15, 0.2) is 0 Å². The van der Waals surface area contributed by atoms with E-state index in [1.54, 1.807) is 42.5 Å². The summed E-state index contributed by atoms with van der Waals surface area (Å²) in [5.74, 6) is 0.157. The molecule has 0 aliphatic heterocycles. The molecule has 4 aromatic rings. The van der Waals surface area contributed by atoms with Crippen LogP contribution >= 0.6 is 23.2 Å². The van der Waals surface area contributed by atoms with Crippen molar-refractivity contribution in [1.29, 1.82) is 0 Å². The number of halogens is 5. The molecule has 4 rings (SSSR count). The molecule has 1 aromatic heterocycles. The maximum atomic E-state index is 13.0. The highest BCUT2D eigenvalue weighted by atomic mass is 35.5. The molecule has 0 atom stereocenters. The van der Waals surface area contributed by atoms with Crippen molar-refractivity contribution >= 4 is 52.7 Å². The summed E-state index contributed by atoms with van der Waals surface area (Å²) < 4.78 is 44.8. The summed E-state index contributed by atoms with van der Waals surface area (Å²) in [7, 11) is 0. The molecule has 0 fully saturated rings. The third kappa shape index (κ3) is 7.95. The number of urea groups is 1. The largest absolute Gasteiger partial charge is 0.457 e. The van der Waals surface area contributed by atoms with Crippen LogP contribution in [0.1, 0.15) is 21.6 Å². The summed E-state index contributed by atoms with van der Waals surface area (Å²) in [6.45, 7) is 0. The molecule has 0 saturated carbocycles. The number of nitrogens with one attached hydrogen (secondary N) is 3. The molecule has 0 aliphatic rings. The predicted octanol–water partition coefficient (Wildman–Crippen LogP) is 7.61. The van der Waals surface area contributed by atoms with Crippen LogP contribution in [0.5, 0.6) is 11.5 Å². The molecule has 3 aromatic carbocycles. The Balaban J connectivity index is 1.32. The summed E-state index contributed by atoms with van der Waals surface area (Å²) in [6.07, 6.45) is -1.81. The lowest BCUT2D eigenvalue weighted by Gasteiger charge is -2.12. The lowest BCUT2D eigenvalue weighted by atomic mass is 10.2. The summed E-state index contributed by atoms with van der Waals surface area (Å²) in [6, 6.07) is 18.3. The number of carbonyl (C=O) groups is 2. The third-order valence-electron chi connectivity index (χ3n) is 5.09. The number of anilines is 2. The number of hydrogen-bond acceptors (Lipinski definition) is 5. The fraction of sp³-hybridized carbons (Fsp3) is 0.0370. The van der Waals surface area contributed by atoms with E-state index in [1.165, 1.54) is 36.7 Å². The SMILES string of the molecule is O=C(Nc1ccc(Oc2ccnc(C(=O)N/N=C/c3ccc(Cl)cc3)c2)cc1)Nc1ccc(Cl)c(C(F)(F)F)c1. The number of nitrogens with zero attached hydrogens (tertiary/aromatic N) is 2. The second kappa shape index (κ2) is 12.5. The van der Waals surface area contributed by atoms with E-state index < -0.39 is 28.7 Å². The number of benzene rings is 3. The van der Waals surface area contributed by atoms with Gasteiger partial charge in [-0.25, -0.2) is 10.2 Å². The van der Waals surface area contributed by atoms with Gasteiger partial charge in [-0.3, -0.25) is 9.78 Å². The first-order valence-electron chi connectivity index (χ1n) is 11.3. The van der Waals surface area contributed by atoms with Gasteiger partial charge in [0, 0.05) is 28.7 Å². The zero-order valence-corrected chi connectivity index (χ0v) is 21.7. The molecule has 0 bridgehead atoms. The Morgan fingerprint density at radius 3 is 2.23 bits per heavy atom. The van der Waals surface area contributed by atoms with E-state index in [0.29, 0.717) is 22.2 Å². The number of pyridine rings is 1. The Labute approximate surface area is 235 Å². The highest BCUT2D eigenvalue weighted by molar-refractivity contribution is 6.31. The van der Waals surface area contributed by atoms with Gasteiger partial charge in [0.2, 0.25) is 0 Å². The van der Waals surface area contributed by atoms with Crippen LogP contribution in [0.15, 0.2) is 90.2 Å². The summed E-state index contributed by atoms with van der Waals surface area (Å²) in [5, 5.41) is 8.84. The number of rotatable bonds is 7. The molecular weight excluding hydrogens is 570 g/mol. The number of aromatic nitrogens is 1. The molecular formula is C27H18Cl2F3N5O3. The zero-order valence-electron chi connectivity index (χ0n) is 20.2. The lowest BCUT2D eigenvalue weighted by molar-refractivity contribution is -0.137. The molecule has 8 nitrogen and oxygen atoms in total. The van der Waals surface area contributed by atoms with Crippen molar-refractivity contribution < 1.29 is 27.5 Å². The second-order valence-corrected chi connectivity index (χ2v) is 8.87. The molecule has 0 unspecified atom stereocenters. The first-order chi connectivity index (χ1) is 19.1.